The smallest absolute Gasteiger partial charge is 0.870 e. The van der Waals surface area contributed by atoms with Gasteiger partial charge in [0.15, 0.2) is 92.2 Å². The molecule has 22 rings (SSSR count). The Morgan fingerprint density at radius 1 is 0.431 bits per heavy atom. The summed E-state index contributed by atoms with van der Waals surface area (Å²) in [5.41, 5.74) is 10.3. The van der Waals surface area contributed by atoms with Gasteiger partial charge in [0, 0.05) is 164 Å². The van der Waals surface area contributed by atoms with Gasteiger partial charge in [-0.05, 0) is 275 Å². The molecule has 15 unspecified atom stereocenters. The van der Waals surface area contributed by atoms with Crippen LogP contribution < -0.4 is 58.6 Å². The van der Waals surface area contributed by atoms with E-state index < -0.39 is 0 Å². The Bertz CT molecular complexity index is 5170. The topological polar surface area (TPSA) is 334 Å². The van der Waals surface area contributed by atoms with E-state index in [9.17, 15) is 49.5 Å². The van der Waals surface area contributed by atoms with Gasteiger partial charge in [-0.25, -0.2) is 0 Å². The van der Waals surface area contributed by atoms with Crippen molar-refractivity contribution in [3.05, 3.63) is 128 Å². The van der Waals surface area contributed by atoms with Gasteiger partial charge in [0.1, 0.15) is 24.4 Å². The van der Waals surface area contributed by atoms with Crippen LogP contribution in [0.15, 0.2) is 66.4 Å². The Hall–Kier alpha value is -7.41. The van der Waals surface area contributed by atoms with Gasteiger partial charge in [-0.2, -0.15) is 0 Å². The molecular formula is C103H138N5NaO21. The molecule has 130 heavy (non-hydrogen) atoms. The largest absolute Gasteiger partial charge is 1.00 e. The molecule has 5 aromatic carbocycles. The first-order valence-electron chi connectivity index (χ1n) is 46.7. The molecule has 5 aromatic rings. The zero-order valence-corrected chi connectivity index (χ0v) is 80.2. The monoisotopic (exact) mass is 1800 g/mol. The van der Waals surface area contributed by atoms with Crippen molar-refractivity contribution in [2.45, 2.75) is 244 Å². The summed E-state index contributed by atoms with van der Waals surface area (Å²) >= 11 is 0. The summed E-state index contributed by atoms with van der Waals surface area (Å²) in [6, 6.07) is 19.5. The van der Waals surface area contributed by atoms with Gasteiger partial charge in [-0.3, -0.25) is 33.8 Å². The van der Waals surface area contributed by atoms with E-state index in [1.165, 1.54) is 55.5 Å². The number of allylic oxidation sites excluding steroid dienone is 1. The summed E-state index contributed by atoms with van der Waals surface area (Å²) in [6.45, 7) is 11.3. The minimum Gasteiger partial charge on any atom is -0.870 e. The molecule has 5 heterocycles. The van der Waals surface area contributed by atoms with E-state index in [4.69, 9.17) is 47.4 Å². The van der Waals surface area contributed by atoms with Crippen LogP contribution in [0.3, 0.4) is 0 Å². The van der Waals surface area contributed by atoms with E-state index in [1.54, 1.807) is 71.1 Å². The minimum absolute atomic E-state index is 0. The van der Waals surface area contributed by atoms with E-state index in [-0.39, 0.29) is 163 Å². The van der Waals surface area contributed by atoms with Gasteiger partial charge >= 0.3 is 29.6 Å². The number of aryl methyl sites for hydroxylation is 1. The molecule has 6 saturated carbocycles. The molecule has 10 bridgehead atoms. The Morgan fingerprint density at radius 3 is 1.29 bits per heavy atom. The average Bonchev–Trinajstić information content (AvgIpc) is 0.889. The van der Waals surface area contributed by atoms with Crippen molar-refractivity contribution in [3.8, 4) is 57.5 Å². The van der Waals surface area contributed by atoms with E-state index in [0.717, 1.165) is 179 Å². The van der Waals surface area contributed by atoms with Crippen molar-refractivity contribution in [3.63, 3.8) is 0 Å². The molecule has 0 spiro atoms. The molecule has 0 radical (unpaired) electrons. The Morgan fingerprint density at radius 2 is 0.823 bits per heavy atom. The average molecular weight is 1810 g/mol. The fraction of sp³-hybridized carbons (Fsp3) is 0.641. The first-order valence-corrected chi connectivity index (χ1v) is 46.7. The number of Topliss-reactive ketones (excluding diaryl/α,β-unsaturated/α-hetero) is 5. The number of phenols is 5. The van der Waals surface area contributed by atoms with E-state index in [1.807, 2.05) is 48.5 Å². The SMILES string of the molecule is C.COC1=CC2C3Cc4ccc(OC)c(O)c4[C@]2(CCN3C)CC1=O.COc1cc(C)c2c(c1O)[C@@]13CCN(CC4CC4)C(C2)C1CC(OC)C(=O)C3C.COc1ccc2c(c1O)[C@@]13CCN(C)C(C2)C1CC(OC)C(=O)C3.COc1ccc2c(c1O)[C@@]13CCN(CC4CC4)C(C2)C1CC(OC)C(=O)C3.COc1ccc2c(c1O)[C@@]13CCNC(C2)C1CC(OC)C(=O)C3.[Na+].[OH-]. The number of methoxy groups -OCH3 is 10. The third kappa shape index (κ3) is 15.7. The molecule has 20 atom stereocenters. The number of ether oxygens (including phenoxy) is 10. The molecule has 0 amide bonds. The second-order valence-corrected chi connectivity index (χ2v) is 40.5. The minimum atomic E-state index is -0.359. The third-order valence-electron chi connectivity index (χ3n) is 35.2. The summed E-state index contributed by atoms with van der Waals surface area (Å²) in [7, 11) is 20.3. The predicted octanol–water partition coefficient (Wildman–Crippen LogP) is 8.83. The zero-order valence-electron chi connectivity index (χ0n) is 78.2. The number of nitrogens with one attached hydrogen (secondary N) is 1. The summed E-state index contributed by atoms with van der Waals surface area (Å²) in [5, 5.41) is 58.4. The van der Waals surface area contributed by atoms with Crippen LogP contribution in [0, 0.1) is 54.3 Å². The number of carbonyl (C=O) groups is 5. The van der Waals surface area contributed by atoms with Crippen molar-refractivity contribution < 1.29 is 132 Å². The van der Waals surface area contributed by atoms with Crippen LogP contribution in [0.5, 0.6) is 57.5 Å². The molecule has 17 aliphatic rings. The van der Waals surface area contributed by atoms with Crippen molar-refractivity contribution >= 4 is 28.9 Å². The van der Waals surface area contributed by atoms with Gasteiger partial charge < -0.3 is 93.5 Å². The molecule has 12 aliphatic carbocycles. The molecule has 11 fully saturated rings. The fourth-order valence-corrected chi connectivity index (χ4v) is 28.7. The van der Waals surface area contributed by atoms with E-state index in [0.29, 0.717) is 114 Å². The first-order chi connectivity index (χ1) is 61.1. The second-order valence-electron chi connectivity index (χ2n) is 40.5. The van der Waals surface area contributed by atoms with Crippen LogP contribution in [-0.2, 0) is 107 Å². The third-order valence-corrected chi connectivity index (χ3v) is 35.2. The number of fused-ring (bicyclic) bond motifs is 5. The number of piperidine rings is 5. The number of phenolic OH excluding ortho intramolecular Hbond substituents is 5. The molecule has 5 aliphatic heterocycles. The van der Waals surface area contributed by atoms with Crippen molar-refractivity contribution in [2.75, 3.05) is 131 Å². The number of hydrogen-bond acceptors (Lipinski definition) is 26. The van der Waals surface area contributed by atoms with Crippen LogP contribution in [0.2, 0.25) is 0 Å². The number of aromatic hydroxyl groups is 5. The summed E-state index contributed by atoms with van der Waals surface area (Å²) in [5.74, 6) is 7.81. The van der Waals surface area contributed by atoms with Crippen LogP contribution in [0.4, 0.5) is 0 Å². The maximum Gasteiger partial charge on any atom is 1.00 e. The standard InChI is InChI=1S/C24H33NO4.C22H29NO4.C19H25NO4.C19H23NO4.C18H23NO4.CH4.Na.H2O/c1-13-9-19(28-3)23(27)21-16(13)10-18-17-11-20(29-4)22(26)14(2)24(17,21)7-8-25(18)12-15-5-6-15;1-26-18-6-5-14-9-16-15-10-19(27-2)17(24)11-22(15,20(14)21(18)25)7-8-23(16)12-13-3-4-13;2*1-20-7-6-19-10-14(21)16(24-3)9-12(19)13(20)8-11-4-5-15(23-2)18(22)17(11)19;1-22-14-4-3-10-7-12-11-8-15(23-2)13(20)9-18(11,5-6-19-12)16(10)17(14)21;;;/h9,14-15,17-18,20,27H,5-8,10-12H2,1-4H3;5-6,13,15-16,19,25H,3-4,7-12H2,1-2H3;4-5,12-13,16,22H,6-10H2,1-3H3;4-5,9,12-13,22H,6-8,10H2,1-3H3;3-4,11-12,15,19,21H,5-9H2,1-2H3;1H4;;1H2/q;;;;;;+1;/p-1/t14?,17?,18?,20?,24-;15?,16?,19?,22-;12?,13?,16?,19-;12?,13?,19-;11?,12?,15?,18-;;;/m11111.../s1. The van der Waals surface area contributed by atoms with Crippen molar-refractivity contribution in [1.29, 1.82) is 0 Å². The van der Waals surface area contributed by atoms with Gasteiger partial charge in [0.25, 0.3) is 0 Å². The Kier molecular flexibility index (Phi) is 28.2. The number of rotatable bonds is 14. The Balaban J connectivity index is 0.000000124. The molecular weight excluding hydrogens is 1670 g/mol. The first kappa shape index (κ1) is 97.1. The van der Waals surface area contributed by atoms with Gasteiger partial charge in [-0.1, -0.05) is 38.6 Å². The molecule has 26 nitrogen and oxygen atoms in total. The number of likely N-dealkylation sites (N-methyl/N-ethyl adjacent to an activating group) is 2. The van der Waals surface area contributed by atoms with Gasteiger partial charge in [0.05, 0.1) is 42.7 Å². The summed E-state index contributed by atoms with van der Waals surface area (Å²) < 4.78 is 54.3. The fourth-order valence-electron chi connectivity index (χ4n) is 28.7. The quantitative estimate of drug-likeness (QED) is 0.0565. The number of benzene rings is 5. The maximum atomic E-state index is 13.3. The number of nitrogens with zero attached hydrogens (tertiary/aromatic N) is 4. The Labute approximate surface area is 788 Å². The normalized spacial score (nSPS) is 34.2. The predicted molar refractivity (Wildman–Crippen MR) is 484 cm³/mol. The molecule has 7 N–H and O–H groups in total. The molecule has 5 saturated heterocycles. The second kappa shape index (κ2) is 37.7. The van der Waals surface area contributed by atoms with E-state index >= 15 is 0 Å². The maximum absolute atomic E-state index is 13.3. The molecule has 27 heteroatoms. The summed E-state index contributed by atoms with van der Waals surface area (Å²) in [6.07, 6.45) is 19.8. The molecule has 702 valence electrons. The van der Waals surface area contributed by atoms with Crippen LogP contribution >= 0.6 is 0 Å². The number of carbonyl (C=O) groups excluding carboxylic acids is 5. The number of ketones is 5. The van der Waals surface area contributed by atoms with Gasteiger partial charge in [0.2, 0.25) is 0 Å². The van der Waals surface area contributed by atoms with Crippen molar-refractivity contribution in [1.82, 2.24) is 24.9 Å². The summed E-state index contributed by atoms with van der Waals surface area (Å²) in [4.78, 5) is 74.2. The van der Waals surface area contributed by atoms with E-state index in [2.05, 4.69) is 65.0 Å². The molecule has 0 aromatic heterocycles. The van der Waals surface area contributed by atoms with Crippen molar-refractivity contribution in [2.24, 2.45) is 47.3 Å². The number of hydrogen-bond donors (Lipinski definition) is 6. The van der Waals surface area contributed by atoms with Crippen LogP contribution in [0.25, 0.3) is 0 Å². The van der Waals surface area contributed by atoms with Crippen LogP contribution in [-0.4, -0.2) is 265 Å². The number of likely N-dealkylation sites (tertiary alicyclic amines) is 4. The zero-order chi connectivity index (χ0) is 89.6. The van der Waals surface area contributed by atoms with Gasteiger partial charge in [-0.15, -0.1) is 0 Å². The van der Waals surface area contributed by atoms with Crippen LogP contribution in [0.1, 0.15) is 185 Å².